The first-order chi connectivity index (χ1) is 12.1. The molecule has 0 aromatic heterocycles. The third-order valence-corrected chi connectivity index (χ3v) is 4.54. The quantitative estimate of drug-likeness (QED) is 0.707. The largest absolute Gasteiger partial charge is 0.497 e. The van der Waals surface area contributed by atoms with Crippen molar-refractivity contribution < 1.29 is 14.6 Å². The first kappa shape index (κ1) is 17.1. The van der Waals surface area contributed by atoms with Gasteiger partial charge in [-0.25, -0.2) is 0 Å². The molecule has 3 aromatic carbocycles. The molecule has 0 aliphatic heterocycles. The Morgan fingerprint density at radius 1 is 0.720 bits per heavy atom. The number of hydrogen-bond acceptors (Lipinski definition) is 3. The fraction of sp³-hybridized carbons (Fsp3) is 0.182. The second-order valence-electron chi connectivity index (χ2n) is 5.95. The van der Waals surface area contributed by atoms with E-state index in [2.05, 4.69) is 0 Å². The molecule has 0 bridgehead atoms. The molecular weight excluding hydrogens is 312 g/mol. The van der Waals surface area contributed by atoms with Gasteiger partial charge in [0.15, 0.2) is 0 Å². The predicted octanol–water partition coefficient (Wildman–Crippen LogP) is 4.30. The number of rotatable bonds is 5. The molecule has 3 aromatic rings. The zero-order chi connectivity index (χ0) is 17.9. The smallest absolute Gasteiger partial charge is 0.144 e. The fourth-order valence-corrected chi connectivity index (χ4v) is 3.21. The Bertz CT molecular complexity index is 855. The van der Waals surface area contributed by atoms with Gasteiger partial charge in [-0.15, -0.1) is 0 Å². The molecule has 1 unspecified atom stereocenters. The van der Waals surface area contributed by atoms with Gasteiger partial charge < -0.3 is 14.6 Å². The normalized spacial score (nSPS) is 13.1. The zero-order valence-electron chi connectivity index (χ0n) is 14.7. The SMILES string of the molecule is COc1ccc(C(O)(c2ccccc2C)c2ccccc2OC)cc1. The summed E-state index contributed by atoms with van der Waals surface area (Å²) >= 11 is 0. The van der Waals surface area contributed by atoms with Crippen molar-refractivity contribution >= 4 is 0 Å². The predicted molar refractivity (Wildman–Crippen MR) is 99.3 cm³/mol. The van der Waals surface area contributed by atoms with Crippen LogP contribution in [0.5, 0.6) is 11.5 Å². The molecule has 3 rings (SSSR count). The van der Waals surface area contributed by atoms with Crippen LogP contribution < -0.4 is 9.47 Å². The third-order valence-electron chi connectivity index (χ3n) is 4.54. The molecule has 1 atom stereocenters. The molecule has 0 fully saturated rings. The van der Waals surface area contributed by atoms with E-state index >= 15 is 0 Å². The molecule has 0 aliphatic carbocycles. The van der Waals surface area contributed by atoms with Gasteiger partial charge in [0.1, 0.15) is 17.1 Å². The van der Waals surface area contributed by atoms with Gasteiger partial charge in [0.2, 0.25) is 0 Å². The summed E-state index contributed by atoms with van der Waals surface area (Å²) in [5.74, 6) is 1.39. The van der Waals surface area contributed by atoms with E-state index in [0.717, 1.165) is 22.4 Å². The number of methoxy groups -OCH3 is 2. The first-order valence-electron chi connectivity index (χ1n) is 8.17. The molecule has 128 valence electrons. The number of benzene rings is 3. The summed E-state index contributed by atoms with van der Waals surface area (Å²) in [5.41, 5.74) is 1.96. The van der Waals surface area contributed by atoms with Crippen molar-refractivity contribution in [2.75, 3.05) is 14.2 Å². The Labute approximate surface area is 148 Å². The minimum absolute atomic E-state index is 0.643. The van der Waals surface area contributed by atoms with Crippen LogP contribution in [-0.4, -0.2) is 19.3 Å². The van der Waals surface area contributed by atoms with Crippen LogP contribution in [0.3, 0.4) is 0 Å². The summed E-state index contributed by atoms with van der Waals surface area (Å²) in [6.45, 7) is 2.00. The second-order valence-corrected chi connectivity index (χ2v) is 5.95. The molecule has 0 heterocycles. The summed E-state index contributed by atoms with van der Waals surface area (Å²) in [7, 11) is 3.24. The summed E-state index contributed by atoms with van der Waals surface area (Å²) in [4.78, 5) is 0. The van der Waals surface area contributed by atoms with Crippen LogP contribution in [-0.2, 0) is 5.60 Å². The molecule has 0 amide bonds. The summed E-state index contributed by atoms with van der Waals surface area (Å²) in [6, 6.07) is 22.9. The molecule has 0 spiro atoms. The van der Waals surface area contributed by atoms with E-state index in [9.17, 15) is 5.11 Å². The van der Waals surface area contributed by atoms with Gasteiger partial charge in [0.25, 0.3) is 0 Å². The molecule has 3 heteroatoms. The molecule has 0 aliphatic rings. The van der Waals surface area contributed by atoms with Gasteiger partial charge >= 0.3 is 0 Å². The maximum Gasteiger partial charge on any atom is 0.144 e. The summed E-state index contributed by atoms with van der Waals surface area (Å²) < 4.78 is 10.8. The van der Waals surface area contributed by atoms with Gasteiger partial charge in [-0.1, -0.05) is 54.6 Å². The number of aliphatic hydroxyl groups is 1. The molecular formula is C22H22O3. The van der Waals surface area contributed by atoms with Crippen LogP contribution in [0.15, 0.2) is 72.8 Å². The lowest BCUT2D eigenvalue weighted by Gasteiger charge is -2.32. The van der Waals surface area contributed by atoms with E-state index < -0.39 is 5.60 Å². The van der Waals surface area contributed by atoms with Crippen LogP contribution in [0, 0.1) is 6.92 Å². The van der Waals surface area contributed by atoms with E-state index in [1.165, 1.54) is 0 Å². The van der Waals surface area contributed by atoms with Gasteiger partial charge in [-0.05, 0) is 41.8 Å². The highest BCUT2D eigenvalue weighted by atomic mass is 16.5. The van der Waals surface area contributed by atoms with Crippen molar-refractivity contribution in [3.8, 4) is 11.5 Å². The van der Waals surface area contributed by atoms with E-state index in [-0.39, 0.29) is 0 Å². The Morgan fingerprint density at radius 2 is 1.32 bits per heavy atom. The number of para-hydroxylation sites is 1. The maximum absolute atomic E-state index is 12.0. The fourth-order valence-electron chi connectivity index (χ4n) is 3.21. The maximum atomic E-state index is 12.0. The summed E-state index contributed by atoms with van der Waals surface area (Å²) in [6.07, 6.45) is 0. The van der Waals surface area contributed by atoms with Gasteiger partial charge in [0, 0.05) is 5.56 Å². The molecule has 3 nitrogen and oxygen atoms in total. The van der Waals surface area contributed by atoms with Crippen LogP contribution >= 0.6 is 0 Å². The van der Waals surface area contributed by atoms with E-state index in [0.29, 0.717) is 11.3 Å². The highest BCUT2D eigenvalue weighted by molar-refractivity contribution is 5.54. The topological polar surface area (TPSA) is 38.7 Å². The average Bonchev–Trinajstić information content (AvgIpc) is 2.68. The van der Waals surface area contributed by atoms with Gasteiger partial charge in [-0.3, -0.25) is 0 Å². The monoisotopic (exact) mass is 334 g/mol. The average molecular weight is 334 g/mol. The van der Waals surface area contributed by atoms with E-state index in [1.54, 1.807) is 14.2 Å². The van der Waals surface area contributed by atoms with Crippen LogP contribution in [0.1, 0.15) is 22.3 Å². The van der Waals surface area contributed by atoms with Gasteiger partial charge in [0.05, 0.1) is 14.2 Å². The highest BCUT2D eigenvalue weighted by Crippen LogP contribution is 2.42. The minimum Gasteiger partial charge on any atom is -0.497 e. The van der Waals surface area contributed by atoms with Crippen molar-refractivity contribution in [2.45, 2.75) is 12.5 Å². The van der Waals surface area contributed by atoms with Crippen molar-refractivity contribution in [2.24, 2.45) is 0 Å². The Morgan fingerprint density at radius 3 is 1.92 bits per heavy atom. The van der Waals surface area contributed by atoms with E-state index in [4.69, 9.17) is 9.47 Å². The Kier molecular flexibility index (Phi) is 4.77. The number of ether oxygens (including phenoxy) is 2. The number of aryl methyl sites for hydroxylation is 1. The van der Waals surface area contributed by atoms with Crippen LogP contribution in [0.2, 0.25) is 0 Å². The molecule has 0 saturated carbocycles. The molecule has 0 radical (unpaired) electrons. The van der Waals surface area contributed by atoms with Crippen molar-refractivity contribution in [1.82, 2.24) is 0 Å². The standard InChI is InChI=1S/C22H22O3/c1-16-8-4-5-9-19(16)22(23,17-12-14-18(24-2)15-13-17)20-10-6-7-11-21(20)25-3/h4-15,23H,1-3H3. The lowest BCUT2D eigenvalue weighted by Crippen LogP contribution is -2.30. The molecule has 1 N–H and O–H groups in total. The van der Waals surface area contributed by atoms with Gasteiger partial charge in [-0.2, -0.15) is 0 Å². The van der Waals surface area contributed by atoms with Crippen LogP contribution in [0.4, 0.5) is 0 Å². The first-order valence-corrected chi connectivity index (χ1v) is 8.17. The minimum atomic E-state index is -1.33. The lowest BCUT2D eigenvalue weighted by molar-refractivity contribution is 0.121. The van der Waals surface area contributed by atoms with Crippen molar-refractivity contribution in [3.05, 3.63) is 95.1 Å². The van der Waals surface area contributed by atoms with E-state index in [1.807, 2.05) is 79.7 Å². The Hall–Kier alpha value is -2.78. The lowest BCUT2D eigenvalue weighted by atomic mass is 9.78. The zero-order valence-corrected chi connectivity index (χ0v) is 14.7. The van der Waals surface area contributed by atoms with Crippen molar-refractivity contribution in [1.29, 1.82) is 0 Å². The number of hydrogen-bond donors (Lipinski definition) is 1. The van der Waals surface area contributed by atoms with Crippen molar-refractivity contribution in [3.63, 3.8) is 0 Å². The highest BCUT2D eigenvalue weighted by Gasteiger charge is 2.37. The van der Waals surface area contributed by atoms with Crippen LogP contribution in [0.25, 0.3) is 0 Å². The Balaban J connectivity index is 2.29. The molecule has 0 saturated heterocycles. The second kappa shape index (κ2) is 6.99. The third kappa shape index (κ3) is 2.99. The summed E-state index contributed by atoms with van der Waals surface area (Å²) in [5, 5.41) is 12.0. The molecule has 25 heavy (non-hydrogen) atoms.